The number of halogens is 2. The molecule has 0 saturated carbocycles. The minimum atomic E-state index is -0.826. The van der Waals surface area contributed by atoms with Crippen molar-refractivity contribution in [3.8, 4) is 11.1 Å². The van der Waals surface area contributed by atoms with Crippen molar-refractivity contribution in [2.75, 3.05) is 0 Å². The van der Waals surface area contributed by atoms with E-state index < -0.39 is 20.8 Å². The van der Waals surface area contributed by atoms with Crippen LogP contribution in [0.15, 0.2) is 97.1 Å². The SMILES string of the molecule is CCc1cc2c(-c3ccc(C(C)(C)C)cc3)cccc2[cH-]1.C[Si]C.[Cl][Zr+2][Cl].c1ccc2[cH-]ccc2c1. The van der Waals surface area contributed by atoms with Gasteiger partial charge in [-0.25, -0.2) is 0 Å². The first-order valence-corrected chi connectivity index (χ1v) is 20.6. The van der Waals surface area contributed by atoms with Gasteiger partial charge in [-0.3, -0.25) is 0 Å². The molecule has 0 atom stereocenters. The molecule has 0 unspecified atom stereocenters. The monoisotopic (exact) mass is 608 g/mol. The van der Waals surface area contributed by atoms with E-state index in [4.69, 9.17) is 17.0 Å². The molecule has 5 aromatic rings. The minimum Gasteiger partial charge on any atom is -0.168 e. The average Bonchev–Trinajstić information content (AvgIpc) is 3.52. The maximum Gasteiger partial charge on any atom is -0.0809 e. The summed E-state index contributed by atoms with van der Waals surface area (Å²) in [5, 5.41) is 5.39. The molecule has 186 valence electrons. The van der Waals surface area contributed by atoms with Crippen molar-refractivity contribution in [3.05, 3.63) is 108 Å². The molecule has 0 aromatic heterocycles. The van der Waals surface area contributed by atoms with Crippen LogP contribution in [0.4, 0.5) is 0 Å². The van der Waals surface area contributed by atoms with Crippen LogP contribution in [0.25, 0.3) is 32.7 Å². The normalized spacial score (nSPS) is 10.3. The Morgan fingerprint density at radius 2 is 1.44 bits per heavy atom. The average molecular weight is 611 g/mol. The van der Waals surface area contributed by atoms with Crippen molar-refractivity contribution in [2.24, 2.45) is 0 Å². The van der Waals surface area contributed by atoms with Crippen LogP contribution in [0.2, 0.25) is 13.1 Å². The Balaban J connectivity index is 0.000000250. The second-order valence-electron chi connectivity index (χ2n) is 9.58. The first-order valence-electron chi connectivity index (χ1n) is 12.2. The molecular weight excluding hydrogens is 575 g/mol. The van der Waals surface area contributed by atoms with Crippen LogP contribution >= 0.6 is 17.0 Å². The van der Waals surface area contributed by atoms with Gasteiger partial charge in [0.2, 0.25) is 0 Å². The quantitative estimate of drug-likeness (QED) is 0.138. The first kappa shape index (κ1) is 30.8. The van der Waals surface area contributed by atoms with Crippen molar-refractivity contribution in [3.63, 3.8) is 0 Å². The molecule has 0 aliphatic rings. The molecule has 5 aromatic carbocycles. The Bertz CT molecular complexity index is 1260. The molecule has 0 fully saturated rings. The fraction of sp³-hybridized carbons (Fsp3) is 0.250. The van der Waals surface area contributed by atoms with Gasteiger partial charge < -0.3 is 0 Å². The second kappa shape index (κ2) is 15.7. The van der Waals surface area contributed by atoms with Crippen molar-refractivity contribution < 1.29 is 20.8 Å². The van der Waals surface area contributed by atoms with Crippen molar-refractivity contribution in [1.29, 1.82) is 0 Å². The van der Waals surface area contributed by atoms with E-state index in [-0.39, 0.29) is 5.41 Å². The molecule has 0 heterocycles. The van der Waals surface area contributed by atoms with E-state index in [2.05, 4.69) is 138 Å². The summed E-state index contributed by atoms with van der Waals surface area (Å²) < 4.78 is 0. The van der Waals surface area contributed by atoms with Crippen LogP contribution in [-0.4, -0.2) is 9.52 Å². The van der Waals surface area contributed by atoms with E-state index in [0.29, 0.717) is 0 Å². The Labute approximate surface area is 239 Å². The number of fused-ring (bicyclic) bond motifs is 2. The van der Waals surface area contributed by atoms with Gasteiger partial charge in [0.15, 0.2) is 0 Å². The minimum absolute atomic E-state index is 0.209. The van der Waals surface area contributed by atoms with E-state index in [1.165, 1.54) is 43.8 Å². The third-order valence-electron chi connectivity index (χ3n) is 5.83. The van der Waals surface area contributed by atoms with Crippen LogP contribution in [0.5, 0.6) is 0 Å². The summed E-state index contributed by atoms with van der Waals surface area (Å²) in [5.41, 5.74) is 5.66. The summed E-state index contributed by atoms with van der Waals surface area (Å²) >= 11 is -0.826. The fourth-order valence-corrected chi connectivity index (χ4v) is 3.97. The van der Waals surface area contributed by atoms with Gasteiger partial charge in [0, 0.05) is 9.52 Å². The maximum atomic E-state index is 4.93. The Hall–Kier alpha value is -1.44. The molecule has 4 heteroatoms. The second-order valence-corrected chi connectivity index (χ2v) is 14.3. The molecule has 0 aliphatic carbocycles. The molecule has 0 spiro atoms. The molecule has 0 bridgehead atoms. The number of benzene rings is 3. The summed E-state index contributed by atoms with van der Waals surface area (Å²) in [5.74, 6) is 0. The topological polar surface area (TPSA) is 0 Å². The molecule has 5 rings (SSSR count). The van der Waals surface area contributed by atoms with Gasteiger partial charge in [-0.05, 0) is 23.0 Å². The van der Waals surface area contributed by atoms with E-state index >= 15 is 0 Å². The van der Waals surface area contributed by atoms with Gasteiger partial charge in [0.05, 0.1) is 0 Å². The van der Waals surface area contributed by atoms with E-state index in [1.807, 2.05) is 0 Å². The summed E-state index contributed by atoms with van der Waals surface area (Å²) in [6.07, 6.45) is 1.09. The van der Waals surface area contributed by atoms with Crippen molar-refractivity contribution >= 4 is 48.1 Å². The van der Waals surface area contributed by atoms with Crippen LogP contribution in [-0.2, 0) is 32.7 Å². The fourth-order valence-electron chi connectivity index (χ4n) is 3.97. The molecule has 0 amide bonds. The van der Waals surface area contributed by atoms with Gasteiger partial charge >= 0.3 is 37.9 Å². The van der Waals surface area contributed by atoms with Gasteiger partial charge in [-0.1, -0.05) is 82.8 Å². The zero-order valence-corrected chi connectivity index (χ0v) is 27.2. The number of rotatable bonds is 2. The molecule has 0 aliphatic heterocycles. The number of hydrogen-bond donors (Lipinski definition) is 0. The van der Waals surface area contributed by atoms with Gasteiger partial charge in [0.25, 0.3) is 0 Å². The van der Waals surface area contributed by atoms with Crippen LogP contribution in [0.1, 0.15) is 38.8 Å². The van der Waals surface area contributed by atoms with Crippen molar-refractivity contribution in [2.45, 2.75) is 52.6 Å². The third-order valence-corrected chi connectivity index (χ3v) is 5.83. The summed E-state index contributed by atoms with van der Waals surface area (Å²) in [4.78, 5) is 0. The standard InChI is InChI=1S/C21H23.C9H7.C2H6Si.2ClH.Zr/c1-5-15-13-17-7-6-8-19(20(17)14-15)16-9-11-18(12-10-16)21(2,3)4;1-2-5-9-7-3-6-8(9)4-1;1-3-2;;;/h6-14H,5H2,1-4H3;1-7H;1-2H3;2*1H;/q2*-1;;;;+4/p-2. The van der Waals surface area contributed by atoms with E-state index in [0.717, 1.165) is 15.9 Å². The Morgan fingerprint density at radius 1 is 0.833 bits per heavy atom. The van der Waals surface area contributed by atoms with E-state index in [9.17, 15) is 0 Å². The molecule has 0 N–H and O–H groups in total. The number of aryl methyl sites for hydroxylation is 1. The summed E-state index contributed by atoms with van der Waals surface area (Å²) in [6, 6.07) is 35.0. The molecule has 2 radical (unpaired) electrons. The maximum absolute atomic E-state index is 4.93. The predicted octanol–water partition coefficient (Wildman–Crippen LogP) is 10.8. The molecule has 0 nitrogen and oxygen atoms in total. The van der Waals surface area contributed by atoms with Crippen LogP contribution in [0, 0.1) is 0 Å². The zero-order valence-electron chi connectivity index (χ0n) is 22.2. The first-order chi connectivity index (χ1) is 17.3. The van der Waals surface area contributed by atoms with Crippen LogP contribution < -0.4 is 0 Å². The number of hydrogen-bond acceptors (Lipinski definition) is 0. The van der Waals surface area contributed by atoms with Gasteiger partial charge in [-0.2, -0.15) is 23.6 Å². The largest absolute Gasteiger partial charge is 0.168 e. The van der Waals surface area contributed by atoms with E-state index in [1.54, 1.807) is 0 Å². The van der Waals surface area contributed by atoms with Crippen LogP contribution in [0.3, 0.4) is 0 Å². The van der Waals surface area contributed by atoms with Gasteiger partial charge in [-0.15, -0.1) is 64.2 Å². The zero-order chi connectivity index (χ0) is 26.6. The van der Waals surface area contributed by atoms with Crippen molar-refractivity contribution in [1.82, 2.24) is 0 Å². The van der Waals surface area contributed by atoms with Gasteiger partial charge in [0.1, 0.15) is 0 Å². The molecule has 0 saturated heterocycles. The smallest absolute Gasteiger partial charge is 0.0809 e. The molecular formula is C32H36Cl2SiZr. The third kappa shape index (κ3) is 9.14. The Kier molecular flexibility index (Phi) is 13.4. The summed E-state index contributed by atoms with van der Waals surface area (Å²) in [6.45, 7) is 13.3. The summed E-state index contributed by atoms with van der Waals surface area (Å²) in [7, 11) is 11.0. The Morgan fingerprint density at radius 3 is 2.03 bits per heavy atom. The molecule has 36 heavy (non-hydrogen) atoms. The predicted molar refractivity (Wildman–Crippen MR) is 162 cm³/mol.